The van der Waals surface area contributed by atoms with Gasteiger partial charge in [-0.25, -0.2) is 9.59 Å². The molecule has 0 saturated carbocycles. The van der Waals surface area contributed by atoms with Crippen LogP contribution < -0.4 is 31.9 Å². The van der Waals surface area contributed by atoms with Crippen LogP contribution in [0.4, 0.5) is 0 Å². The molecular weight excluding hydrogens is 732 g/mol. The van der Waals surface area contributed by atoms with Crippen LogP contribution >= 0.6 is 0 Å². The van der Waals surface area contributed by atoms with Crippen LogP contribution in [0.25, 0.3) is 0 Å². The summed E-state index contributed by atoms with van der Waals surface area (Å²) < 4.78 is 0. The van der Waals surface area contributed by atoms with Gasteiger partial charge in [-0.2, -0.15) is 0 Å². The smallest absolute Gasteiger partial charge is 0.326 e. The van der Waals surface area contributed by atoms with Crippen molar-refractivity contribution >= 4 is 53.2 Å². The summed E-state index contributed by atoms with van der Waals surface area (Å²) in [7, 11) is 1.71. The van der Waals surface area contributed by atoms with E-state index in [1.165, 1.54) is 6.92 Å². The molecule has 0 aliphatic rings. The number of nitrogens with one attached hydrogen (secondary N) is 6. The van der Waals surface area contributed by atoms with Gasteiger partial charge in [0.1, 0.15) is 23.9 Å². The average molecular weight is 799 g/mol. The third-order valence-electron chi connectivity index (χ3n) is 8.94. The zero-order valence-corrected chi connectivity index (χ0v) is 33.4. The molecule has 0 aromatic rings. The quantitative estimate of drug-likeness (QED) is 0.0415. The predicted octanol–water partition coefficient (Wildman–Crippen LogP) is 1.93. The van der Waals surface area contributed by atoms with Gasteiger partial charge in [0, 0.05) is 51.1 Å². The van der Waals surface area contributed by atoms with Gasteiger partial charge in [0.15, 0.2) is 0 Å². The first-order valence-corrected chi connectivity index (χ1v) is 19.8. The highest BCUT2D eigenvalue weighted by atomic mass is 16.4. The second-order valence-corrected chi connectivity index (χ2v) is 14.2. The van der Waals surface area contributed by atoms with Crippen LogP contribution in [0, 0.1) is 0 Å². The van der Waals surface area contributed by atoms with E-state index in [1.807, 2.05) is 0 Å². The number of Topliss-reactive ketones (excluding diaryl/α,β-unsaturated/α-hetero) is 1. The fourth-order valence-corrected chi connectivity index (χ4v) is 5.63. The third-order valence-corrected chi connectivity index (χ3v) is 8.94. The summed E-state index contributed by atoms with van der Waals surface area (Å²) >= 11 is 0. The van der Waals surface area contributed by atoms with E-state index in [4.69, 9.17) is 5.11 Å². The molecule has 56 heavy (non-hydrogen) atoms. The number of carbonyl (C=O) groups is 9. The molecule has 0 fully saturated rings. The number of unbranched alkanes of at least 4 members (excludes halogenated alkanes) is 8. The van der Waals surface area contributed by atoms with Crippen LogP contribution in [0.3, 0.4) is 0 Å². The van der Waals surface area contributed by atoms with Crippen molar-refractivity contribution in [2.75, 3.05) is 20.1 Å². The number of rotatable bonds is 35. The van der Waals surface area contributed by atoms with Gasteiger partial charge in [-0.05, 0) is 72.4 Å². The molecule has 0 aromatic carbocycles. The Morgan fingerprint density at radius 2 is 0.929 bits per heavy atom. The van der Waals surface area contributed by atoms with E-state index in [-0.39, 0.29) is 63.2 Å². The lowest BCUT2D eigenvalue weighted by atomic mass is 10.1. The number of hydrogen-bond donors (Lipinski definition) is 9. The van der Waals surface area contributed by atoms with Crippen LogP contribution in [0.5, 0.6) is 0 Å². The summed E-state index contributed by atoms with van der Waals surface area (Å²) in [6, 6.07) is -4.59. The van der Waals surface area contributed by atoms with Gasteiger partial charge in [0.05, 0.1) is 0 Å². The minimum atomic E-state index is -1.51. The number of aliphatic carboxylic acids is 3. The SMILES string of the molecule is CNCCCC(=O)N[C@H](CCC(=O)N[C@H](CCC(=O)NCCCCCCCCCCCC(=O)O)C(=O)N[C@H](CCC(=O)N[C@@H](C)CCC(C)=O)C(=O)O)C(=O)O. The Labute approximate surface area is 329 Å². The minimum Gasteiger partial charge on any atom is -0.481 e. The van der Waals surface area contributed by atoms with Gasteiger partial charge in [-0.1, -0.05) is 44.9 Å². The summed E-state index contributed by atoms with van der Waals surface area (Å²) in [6.45, 7) is 4.08. The Bertz CT molecular complexity index is 1260. The predicted molar refractivity (Wildman–Crippen MR) is 206 cm³/mol. The molecule has 0 spiro atoms. The lowest BCUT2D eigenvalue weighted by Crippen LogP contribution is -2.52. The fourth-order valence-electron chi connectivity index (χ4n) is 5.63. The third kappa shape index (κ3) is 28.8. The number of hydrogen-bond acceptors (Lipinski definition) is 10. The Kier molecular flexibility index (Phi) is 29.0. The summed E-state index contributed by atoms with van der Waals surface area (Å²) in [5.74, 6) is -6.63. The van der Waals surface area contributed by atoms with Crippen LogP contribution in [0.1, 0.15) is 142 Å². The molecule has 4 atom stereocenters. The van der Waals surface area contributed by atoms with Crippen molar-refractivity contribution < 1.29 is 58.5 Å². The molecule has 320 valence electrons. The van der Waals surface area contributed by atoms with Crippen LogP contribution in [-0.2, 0) is 43.2 Å². The van der Waals surface area contributed by atoms with Crippen molar-refractivity contribution in [3.8, 4) is 0 Å². The highest BCUT2D eigenvalue weighted by Crippen LogP contribution is 2.11. The van der Waals surface area contributed by atoms with Gasteiger partial charge in [0.25, 0.3) is 0 Å². The molecule has 0 rings (SSSR count). The molecule has 9 N–H and O–H groups in total. The van der Waals surface area contributed by atoms with Gasteiger partial charge < -0.3 is 52.0 Å². The Balaban J connectivity index is 5.24. The number of carboxylic acids is 3. The zero-order chi connectivity index (χ0) is 42.3. The van der Waals surface area contributed by atoms with Crippen molar-refractivity contribution in [2.24, 2.45) is 0 Å². The monoisotopic (exact) mass is 798 g/mol. The highest BCUT2D eigenvalue weighted by molar-refractivity contribution is 5.91. The standard InChI is InChI=1S/C38H66N6O12/c1-26(16-17-27(2)45)41-33(48)22-20-30(38(55)56)44-36(52)28(42-34(49)23-19-29(37(53)54)43-32(47)14-13-24-39-3)18-21-31(46)40-25-12-10-8-6-4-5-7-9-11-15-35(50)51/h26,28-30,39H,4-25H2,1-3H3,(H,40,46)(H,41,48)(H,42,49)(H,43,47)(H,44,52)(H,50,51)(H,53,54)(H,55,56)/t26-,28+,29+,30+/m0/s1. The molecular formula is C38H66N6O12. The van der Waals surface area contributed by atoms with E-state index >= 15 is 0 Å². The van der Waals surface area contributed by atoms with E-state index in [0.29, 0.717) is 32.4 Å². The largest absolute Gasteiger partial charge is 0.481 e. The first kappa shape index (κ1) is 51.4. The zero-order valence-electron chi connectivity index (χ0n) is 33.4. The molecule has 0 aromatic heterocycles. The molecule has 0 aliphatic carbocycles. The summed E-state index contributed by atoms with van der Waals surface area (Å²) in [4.78, 5) is 109. The lowest BCUT2D eigenvalue weighted by molar-refractivity contribution is -0.143. The van der Waals surface area contributed by atoms with E-state index in [0.717, 1.165) is 51.4 Å². The number of amides is 5. The van der Waals surface area contributed by atoms with Crippen LogP contribution in [0.15, 0.2) is 0 Å². The van der Waals surface area contributed by atoms with Crippen LogP contribution in [0.2, 0.25) is 0 Å². The van der Waals surface area contributed by atoms with E-state index in [1.54, 1.807) is 14.0 Å². The molecule has 0 radical (unpaired) electrons. The van der Waals surface area contributed by atoms with Gasteiger partial charge >= 0.3 is 17.9 Å². The summed E-state index contributed by atoms with van der Waals surface area (Å²) in [5.41, 5.74) is 0. The molecule has 5 amide bonds. The molecule has 0 aliphatic heterocycles. The lowest BCUT2D eigenvalue weighted by Gasteiger charge is -2.22. The molecule has 18 nitrogen and oxygen atoms in total. The van der Waals surface area contributed by atoms with Crippen molar-refractivity contribution in [2.45, 2.75) is 166 Å². The number of carboxylic acid groups (broad SMARTS) is 3. The maximum absolute atomic E-state index is 13.3. The molecule has 0 bridgehead atoms. The second-order valence-electron chi connectivity index (χ2n) is 14.2. The van der Waals surface area contributed by atoms with Gasteiger partial charge in [-0.15, -0.1) is 0 Å². The molecule has 0 heterocycles. The summed E-state index contributed by atoms with van der Waals surface area (Å²) in [6.07, 6.45) is 8.08. The first-order chi connectivity index (χ1) is 26.5. The Morgan fingerprint density at radius 1 is 0.464 bits per heavy atom. The van der Waals surface area contributed by atoms with Crippen molar-refractivity contribution in [3.63, 3.8) is 0 Å². The molecule has 18 heteroatoms. The Morgan fingerprint density at radius 3 is 1.46 bits per heavy atom. The van der Waals surface area contributed by atoms with E-state index in [9.17, 15) is 53.4 Å². The maximum atomic E-state index is 13.3. The fraction of sp³-hybridized carbons (Fsp3) is 0.763. The van der Waals surface area contributed by atoms with Gasteiger partial charge in [0.2, 0.25) is 29.5 Å². The van der Waals surface area contributed by atoms with E-state index < -0.39 is 72.0 Å². The number of ketones is 1. The normalized spacial score (nSPS) is 13.0. The van der Waals surface area contributed by atoms with Crippen molar-refractivity contribution in [1.29, 1.82) is 0 Å². The molecule has 0 unspecified atom stereocenters. The highest BCUT2D eigenvalue weighted by Gasteiger charge is 2.29. The second kappa shape index (κ2) is 31.6. The first-order valence-electron chi connectivity index (χ1n) is 19.8. The minimum absolute atomic E-state index is 0.0368. The van der Waals surface area contributed by atoms with Gasteiger partial charge in [-0.3, -0.25) is 28.8 Å². The van der Waals surface area contributed by atoms with Crippen molar-refractivity contribution in [3.05, 3.63) is 0 Å². The average Bonchev–Trinajstić information content (AvgIpc) is 3.12. The maximum Gasteiger partial charge on any atom is 0.326 e. The topological polar surface area (TPSA) is 286 Å². The Hall–Kier alpha value is -4.61. The van der Waals surface area contributed by atoms with Crippen molar-refractivity contribution in [1.82, 2.24) is 31.9 Å². The number of carbonyl (C=O) groups excluding carboxylic acids is 6. The summed E-state index contributed by atoms with van der Waals surface area (Å²) in [5, 5.41) is 43.6. The van der Waals surface area contributed by atoms with E-state index in [2.05, 4.69) is 31.9 Å². The molecule has 0 saturated heterocycles. The van der Waals surface area contributed by atoms with Crippen LogP contribution in [-0.4, -0.2) is 113 Å².